The molecule has 0 unspecified atom stereocenters. The summed E-state index contributed by atoms with van der Waals surface area (Å²) in [6.45, 7) is 5.64. The molecule has 0 aliphatic heterocycles. The van der Waals surface area contributed by atoms with Crippen LogP contribution in [0.15, 0.2) is 54.6 Å². The summed E-state index contributed by atoms with van der Waals surface area (Å²) in [7, 11) is 0. The van der Waals surface area contributed by atoms with Crippen LogP contribution in [0.2, 0.25) is 5.02 Å². The first-order valence-corrected chi connectivity index (χ1v) is 9.09. The Morgan fingerprint density at radius 1 is 1.00 bits per heavy atom. The minimum Gasteiger partial charge on any atom is -0.273 e. The highest BCUT2D eigenvalue weighted by Crippen LogP contribution is 2.17. The number of amides is 2. The summed E-state index contributed by atoms with van der Waals surface area (Å²) in [4.78, 5) is 25.2. The third kappa shape index (κ3) is 5.88. The van der Waals surface area contributed by atoms with Crippen LogP contribution in [-0.2, 0) is 11.2 Å². The van der Waals surface area contributed by atoms with Gasteiger partial charge in [-0.2, -0.15) is 0 Å². The zero-order valence-corrected chi connectivity index (χ0v) is 16.2. The van der Waals surface area contributed by atoms with E-state index in [9.17, 15) is 9.59 Å². The standard InChI is InChI=1S/C21H25ClN2O2/c1-21(2,3)24(20(26)17-12-14-18(22)15-13-17)23-19(25)11-7-10-16-8-5-4-6-9-16/h4-6,8-9,12-15H,7,10-11H2,1-3H3,(H,23,25). The average molecular weight is 373 g/mol. The predicted octanol–water partition coefficient (Wildman–Crippen LogP) is 4.63. The molecular formula is C21H25ClN2O2. The number of benzene rings is 2. The summed E-state index contributed by atoms with van der Waals surface area (Å²) >= 11 is 5.88. The minimum absolute atomic E-state index is 0.168. The molecule has 0 atom stereocenters. The van der Waals surface area contributed by atoms with Crippen LogP contribution in [0.5, 0.6) is 0 Å². The quantitative estimate of drug-likeness (QED) is 0.777. The van der Waals surface area contributed by atoms with Gasteiger partial charge in [-0.15, -0.1) is 0 Å². The van der Waals surface area contributed by atoms with Crippen LogP contribution in [0, 0.1) is 0 Å². The van der Waals surface area contributed by atoms with E-state index in [1.54, 1.807) is 24.3 Å². The van der Waals surface area contributed by atoms with Gasteiger partial charge in [-0.1, -0.05) is 41.9 Å². The van der Waals surface area contributed by atoms with Gasteiger partial charge in [-0.25, -0.2) is 5.01 Å². The Bertz CT molecular complexity index is 737. The molecule has 0 radical (unpaired) electrons. The van der Waals surface area contributed by atoms with Gasteiger partial charge in [0, 0.05) is 17.0 Å². The minimum atomic E-state index is -0.550. The second-order valence-corrected chi connectivity index (χ2v) is 7.63. The van der Waals surface area contributed by atoms with E-state index >= 15 is 0 Å². The SMILES string of the molecule is CC(C)(C)N(NC(=O)CCCc1ccccc1)C(=O)c1ccc(Cl)cc1. The lowest BCUT2D eigenvalue weighted by Crippen LogP contribution is -2.55. The molecule has 2 aromatic carbocycles. The number of nitrogens with zero attached hydrogens (tertiary/aromatic N) is 1. The van der Waals surface area contributed by atoms with Crippen molar-refractivity contribution in [3.05, 3.63) is 70.7 Å². The molecule has 0 spiro atoms. The van der Waals surface area contributed by atoms with E-state index < -0.39 is 5.54 Å². The molecule has 26 heavy (non-hydrogen) atoms. The largest absolute Gasteiger partial charge is 0.273 e. The third-order valence-corrected chi connectivity index (χ3v) is 4.17. The number of aryl methyl sites for hydroxylation is 1. The topological polar surface area (TPSA) is 49.4 Å². The molecule has 5 heteroatoms. The molecule has 2 rings (SSSR count). The zero-order valence-electron chi connectivity index (χ0n) is 15.5. The number of hydrogen-bond acceptors (Lipinski definition) is 2. The maximum absolute atomic E-state index is 12.8. The highest BCUT2D eigenvalue weighted by Gasteiger charge is 2.29. The van der Waals surface area contributed by atoms with Crippen LogP contribution in [0.3, 0.4) is 0 Å². The maximum Gasteiger partial charge on any atom is 0.272 e. The number of nitrogens with one attached hydrogen (secondary N) is 1. The Balaban J connectivity index is 1.97. The van der Waals surface area contributed by atoms with Crippen molar-refractivity contribution in [3.63, 3.8) is 0 Å². The molecule has 0 aliphatic rings. The van der Waals surface area contributed by atoms with E-state index in [4.69, 9.17) is 11.6 Å². The van der Waals surface area contributed by atoms with Crippen molar-refractivity contribution >= 4 is 23.4 Å². The van der Waals surface area contributed by atoms with Gasteiger partial charge < -0.3 is 0 Å². The second kappa shape index (κ2) is 8.86. The Morgan fingerprint density at radius 2 is 1.62 bits per heavy atom. The van der Waals surface area contributed by atoms with Crippen LogP contribution < -0.4 is 5.43 Å². The average Bonchev–Trinajstić information content (AvgIpc) is 2.60. The summed E-state index contributed by atoms with van der Waals surface area (Å²) < 4.78 is 0. The van der Waals surface area contributed by atoms with Crippen molar-refractivity contribution in [2.45, 2.75) is 45.6 Å². The fourth-order valence-corrected chi connectivity index (χ4v) is 2.65. The number of carbonyl (C=O) groups is 2. The van der Waals surface area contributed by atoms with Crippen LogP contribution in [-0.4, -0.2) is 22.4 Å². The summed E-state index contributed by atoms with van der Waals surface area (Å²) in [5.41, 5.74) is 3.90. The smallest absolute Gasteiger partial charge is 0.272 e. The first kappa shape index (κ1) is 20.0. The third-order valence-electron chi connectivity index (χ3n) is 3.91. The number of halogens is 1. The molecule has 0 aromatic heterocycles. The van der Waals surface area contributed by atoms with Crippen LogP contribution in [0.4, 0.5) is 0 Å². The van der Waals surface area contributed by atoms with Crippen molar-refractivity contribution in [2.75, 3.05) is 0 Å². The van der Waals surface area contributed by atoms with Crippen LogP contribution in [0.25, 0.3) is 0 Å². The van der Waals surface area contributed by atoms with E-state index in [1.807, 2.05) is 51.1 Å². The first-order valence-electron chi connectivity index (χ1n) is 8.71. The van der Waals surface area contributed by atoms with Crippen molar-refractivity contribution in [2.24, 2.45) is 0 Å². The summed E-state index contributed by atoms with van der Waals surface area (Å²) in [6.07, 6.45) is 1.91. The van der Waals surface area contributed by atoms with Gasteiger partial charge in [-0.3, -0.25) is 15.0 Å². The van der Waals surface area contributed by atoms with Gasteiger partial charge in [0.1, 0.15) is 0 Å². The van der Waals surface area contributed by atoms with Crippen LogP contribution >= 0.6 is 11.6 Å². The lowest BCUT2D eigenvalue weighted by molar-refractivity contribution is -0.126. The molecule has 2 amide bonds. The molecule has 4 nitrogen and oxygen atoms in total. The molecule has 2 aromatic rings. The number of rotatable bonds is 5. The Hall–Kier alpha value is -2.33. The molecule has 0 saturated heterocycles. The monoisotopic (exact) mass is 372 g/mol. The number of hydrogen-bond donors (Lipinski definition) is 1. The normalized spacial score (nSPS) is 11.1. The van der Waals surface area contributed by atoms with Crippen molar-refractivity contribution in [1.29, 1.82) is 0 Å². The van der Waals surface area contributed by atoms with Gasteiger partial charge in [0.25, 0.3) is 5.91 Å². The van der Waals surface area contributed by atoms with Gasteiger partial charge in [0.2, 0.25) is 5.91 Å². The van der Waals surface area contributed by atoms with Crippen molar-refractivity contribution < 1.29 is 9.59 Å². The summed E-state index contributed by atoms with van der Waals surface area (Å²) in [5, 5.41) is 1.95. The Labute approximate surface area is 160 Å². The van der Waals surface area contributed by atoms with Gasteiger partial charge in [0.05, 0.1) is 5.54 Å². The van der Waals surface area contributed by atoms with E-state index in [0.717, 1.165) is 12.8 Å². The molecule has 0 heterocycles. The molecule has 0 fully saturated rings. The van der Waals surface area contributed by atoms with Crippen molar-refractivity contribution in [3.8, 4) is 0 Å². The highest BCUT2D eigenvalue weighted by atomic mass is 35.5. The Kier molecular flexibility index (Phi) is 6.81. The molecule has 1 N–H and O–H groups in total. The number of carbonyl (C=O) groups excluding carboxylic acids is 2. The zero-order chi connectivity index (χ0) is 19.2. The maximum atomic E-state index is 12.8. The molecule has 138 valence electrons. The van der Waals surface area contributed by atoms with E-state index in [1.165, 1.54) is 10.6 Å². The Morgan fingerprint density at radius 3 is 2.19 bits per heavy atom. The fourth-order valence-electron chi connectivity index (χ4n) is 2.52. The van der Waals surface area contributed by atoms with E-state index in [-0.39, 0.29) is 11.8 Å². The second-order valence-electron chi connectivity index (χ2n) is 7.19. The number of hydrazine groups is 1. The fraction of sp³-hybridized carbons (Fsp3) is 0.333. The van der Waals surface area contributed by atoms with Crippen molar-refractivity contribution in [1.82, 2.24) is 10.4 Å². The van der Waals surface area contributed by atoms with Crippen LogP contribution in [0.1, 0.15) is 49.5 Å². The predicted molar refractivity (Wildman–Crippen MR) is 105 cm³/mol. The molecule has 0 saturated carbocycles. The van der Waals surface area contributed by atoms with E-state index in [0.29, 0.717) is 17.0 Å². The van der Waals surface area contributed by atoms with Gasteiger partial charge >= 0.3 is 0 Å². The lowest BCUT2D eigenvalue weighted by Gasteiger charge is -2.35. The van der Waals surface area contributed by atoms with Gasteiger partial charge in [0.15, 0.2) is 0 Å². The molecular weight excluding hydrogens is 348 g/mol. The summed E-state index contributed by atoms with van der Waals surface area (Å²) in [5.74, 6) is -0.427. The molecule has 0 aliphatic carbocycles. The van der Waals surface area contributed by atoms with E-state index in [2.05, 4.69) is 5.43 Å². The first-order chi connectivity index (χ1) is 12.3. The van der Waals surface area contributed by atoms with Gasteiger partial charge in [-0.05, 0) is 63.4 Å². The summed E-state index contributed by atoms with van der Waals surface area (Å²) in [6, 6.07) is 16.7. The lowest BCUT2D eigenvalue weighted by atomic mass is 10.1. The molecule has 0 bridgehead atoms. The highest BCUT2D eigenvalue weighted by molar-refractivity contribution is 6.30.